The Bertz CT molecular complexity index is 366. The molecule has 1 unspecified atom stereocenters. The summed E-state index contributed by atoms with van der Waals surface area (Å²) in [7, 11) is 1.45. The van der Waals surface area contributed by atoms with E-state index in [1.54, 1.807) is 0 Å². The average Bonchev–Trinajstić information content (AvgIpc) is 2.58. The highest BCUT2D eigenvalue weighted by molar-refractivity contribution is 14.0. The molecule has 1 fully saturated rings. The molecule has 0 amide bonds. The maximum absolute atomic E-state index is 11.6. The third kappa shape index (κ3) is 8.00. The molecule has 0 bridgehead atoms. The van der Waals surface area contributed by atoms with E-state index in [0.29, 0.717) is 5.92 Å². The van der Waals surface area contributed by atoms with E-state index in [4.69, 9.17) is 14.8 Å². The lowest BCUT2D eigenvalue weighted by atomic mass is 9.97. The number of esters is 1. The minimum absolute atomic E-state index is 0. The first kappa shape index (κ1) is 23.4. The lowest BCUT2D eigenvalue weighted by Crippen LogP contribution is -2.46. The molecular formula is C17H34IN3O3. The van der Waals surface area contributed by atoms with Gasteiger partial charge < -0.3 is 20.1 Å². The fourth-order valence-electron chi connectivity index (χ4n) is 3.05. The van der Waals surface area contributed by atoms with Crippen molar-refractivity contribution in [2.24, 2.45) is 16.8 Å². The maximum atomic E-state index is 11.6. The summed E-state index contributed by atoms with van der Waals surface area (Å²) >= 11 is 0. The molecule has 0 aromatic heterocycles. The Morgan fingerprint density at radius 2 is 2.00 bits per heavy atom. The van der Waals surface area contributed by atoms with Crippen molar-refractivity contribution < 1.29 is 14.6 Å². The summed E-state index contributed by atoms with van der Waals surface area (Å²) in [6, 6.07) is 0. The fourth-order valence-corrected chi connectivity index (χ4v) is 3.05. The number of hydrogen-bond acceptors (Lipinski definition) is 4. The van der Waals surface area contributed by atoms with Gasteiger partial charge in [0.2, 0.25) is 0 Å². The second-order valence-electron chi connectivity index (χ2n) is 6.15. The molecular weight excluding hydrogens is 421 g/mol. The number of likely N-dealkylation sites (tertiary alicyclic amines) is 1. The van der Waals surface area contributed by atoms with Crippen molar-refractivity contribution >= 4 is 35.9 Å². The van der Waals surface area contributed by atoms with Gasteiger partial charge in [0, 0.05) is 32.8 Å². The summed E-state index contributed by atoms with van der Waals surface area (Å²) in [6.45, 7) is 7.67. The van der Waals surface area contributed by atoms with Crippen LogP contribution in [0.15, 0.2) is 4.99 Å². The smallest absolute Gasteiger partial charge is 0.308 e. The number of aliphatic imine (C=N–C) groups is 1. The van der Waals surface area contributed by atoms with Crippen LogP contribution >= 0.6 is 24.0 Å². The van der Waals surface area contributed by atoms with Gasteiger partial charge in [-0.25, -0.2) is 0 Å². The van der Waals surface area contributed by atoms with E-state index in [9.17, 15) is 4.79 Å². The third-order valence-corrected chi connectivity index (χ3v) is 4.40. The molecule has 0 aromatic carbocycles. The number of ether oxygens (including phenoxy) is 1. The number of piperidine rings is 1. The van der Waals surface area contributed by atoms with E-state index in [1.165, 1.54) is 7.11 Å². The predicted octanol–water partition coefficient (Wildman–Crippen LogP) is 2.25. The third-order valence-electron chi connectivity index (χ3n) is 4.40. The van der Waals surface area contributed by atoms with Crippen LogP contribution in [-0.4, -0.2) is 61.8 Å². The molecule has 2 N–H and O–H groups in total. The molecule has 24 heavy (non-hydrogen) atoms. The van der Waals surface area contributed by atoms with Gasteiger partial charge >= 0.3 is 5.97 Å². The quantitative estimate of drug-likeness (QED) is 0.254. The first-order chi connectivity index (χ1) is 11.2. The molecule has 0 saturated carbocycles. The van der Waals surface area contributed by atoms with E-state index in [-0.39, 0.29) is 42.5 Å². The van der Waals surface area contributed by atoms with Crippen LogP contribution in [-0.2, 0) is 9.53 Å². The van der Waals surface area contributed by atoms with Gasteiger partial charge in [-0.1, -0.05) is 13.3 Å². The Morgan fingerprint density at radius 1 is 1.33 bits per heavy atom. The molecule has 1 saturated heterocycles. The molecule has 0 aliphatic carbocycles. The van der Waals surface area contributed by atoms with E-state index >= 15 is 0 Å². The lowest BCUT2D eigenvalue weighted by molar-refractivity contribution is -0.146. The first-order valence-electron chi connectivity index (χ1n) is 8.88. The van der Waals surface area contributed by atoms with Crippen LogP contribution in [0.3, 0.4) is 0 Å². The van der Waals surface area contributed by atoms with Gasteiger partial charge in [0.1, 0.15) is 0 Å². The summed E-state index contributed by atoms with van der Waals surface area (Å²) < 4.78 is 4.84. The van der Waals surface area contributed by atoms with Gasteiger partial charge in [-0.15, -0.1) is 24.0 Å². The van der Waals surface area contributed by atoms with Crippen LogP contribution in [0.25, 0.3) is 0 Å². The molecule has 1 rings (SSSR count). The minimum atomic E-state index is -0.0995. The van der Waals surface area contributed by atoms with Crippen molar-refractivity contribution in [1.82, 2.24) is 10.2 Å². The molecule has 0 radical (unpaired) electrons. The lowest BCUT2D eigenvalue weighted by Gasteiger charge is -2.33. The van der Waals surface area contributed by atoms with Gasteiger partial charge in [-0.3, -0.25) is 9.79 Å². The topological polar surface area (TPSA) is 74.2 Å². The summed E-state index contributed by atoms with van der Waals surface area (Å²) in [6.07, 6.45) is 4.63. The van der Waals surface area contributed by atoms with Crippen LogP contribution in [0.5, 0.6) is 0 Å². The summed E-state index contributed by atoms with van der Waals surface area (Å²) in [4.78, 5) is 18.6. The summed E-state index contributed by atoms with van der Waals surface area (Å²) in [5.74, 6) is 1.28. The molecule has 1 atom stereocenters. The van der Waals surface area contributed by atoms with E-state index < -0.39 is 0 Å². The zero-order valence-electron chi connectivity index (χ0n) is 15.3. The van der Waals surface area contributed by atoms with E-state index in [0.717, 1.165) is 64.2 Å². The van der Waals surface area contributed by atoms with Gasteiger partial charge in [0.25, 0.3) is 0 Å². The number of carbonyl (C=O) groups is 1. The highest BCUT2D eigenvalue weighted by atomic mass is 127. The standard InChI is InChI=1S/C17H33N3O3.HI/c1-4-6-14(9-12-21)13-19-17(18-5-2)20-10-7-15(8-11-20)16(22)23-3;/h14-15,21H,4-13H2,1-3H3,(H,18,19);1H. The van der Waals surface area contributed by atoms with Gasteiger partial charge in [-0.2, -0.15) is 0 Å². The SMILES string of the molecule is CCCC(CCO)CN=C(NCC)N1CCC(C(=O)OC)CC1.I. The Kier molecular flexibility index (Phi) is 13.4. The Hall–Kier alpha value is -0.570. The van der Waals surface area contributed by atoms with Crippen LogP contribution in [0.4, 0.5) is 0 Å². The van der Waals surface area contributed by atoms with E-state index in [1.807, 2.05) is 0 Å². The largest absolute Gasteiger partial charge is 0.469 e. The molecule has 6 nitrogen and oxygen atoms in total. The molecule has 1 aliphatic rings. The van der Waals surface area contributed by atoms with Crippen LogP contribution in [0.2, 0.25) is 0 Å². The summed E-state index contributed by atoms with van der Waals surface area (Å²) in [5.41, 5.74) is 0. The zero-order chi connectivity index (χ0) is 17.1. The number of nitrogens with zero attached hydrogens (tertiary/aromatic N) is 2. The minimum Gasteiger partial charge on any atom is -0.469 e. The molecule has 1 aliphatic heterocycles. The number of methoxy groups -OCH3 is 1. The van der Waals surface area contributed by atoms with Gasteiger partial charge in [0.15, 0.2) is 5.96 Å². The van der Waals surface area contributed by atoms with Crippen molar-refractivity contribution in [3.63, 3.8) is 0 Å². The molecule has 142 valence electrons. The normalized spacial score (nSPS) is 17.2. The highest BCUT2D eigenvalue weighted by Gasteiger charge is 2.27. The zero-order valence-corrected chi connectivity index (χ0v) is 17.6. The first-order valence-corrected chi connectivity index (χ1v) is 8.88. The summed E-state index contributed by atoms with van der Waals surface area (Å²) in [5, 5.41) is 12.5. The Balaban J connectivity index is 0.00000529. The van der Waals surface area contributed by atoms with Crippen LogP contribution in [0, 0.1) is 11.8 Å². The molecule has 0 spiro atoms. The van der Waals surface area contributed by atoms with Crippen LogP contribution < -0.4 is 5.32 Å². The van der Waals surface area contributed by atoms with Crippen molar-refractivity contribution in [1.29, 1.82) is 0 Å². The number of nitrogens with one attached hydrogen (secondary N) is 1. The van der Waals surface area contributed by atoms with Gasteiger partial charge in [-0.05, 0) is 38.5 Å². The Morgan fingerprint density at radius 3 is 2.50 bits per heavy atom. The van der Waals surface area contributed by atoms with Crippen molar-refractivity contribution in [3.8, 4) is 0 Å². The average molecular weight is 455 g/mol. The fraction of sp³-hybridized carbons (Fsp3) is 0.882. The maximum Gasteiger partial charge on any atom is 0.308 e. The highest BCUT2D eigenvalue weighted by Crippen LogP contribution is 2.19. The number of aliphatic hydroxyl groups excluding tert-OH is 1. The van der Waals surface area contributed by atoms with Crippen molar-refractivity contribution in [2.75, 3.05) is 39.9 Å². The van der Waals surface area contributed by atoms with Crippen LogP contribution in [0.1, 0.15) is 46.0 Å². The molecule has 7 heteroatoms. The number of halogens is 1. The number of rotatable bonds is 8. The Labute approximate surface area is 163 Å². The number of hydrogen-bond donors (Lipinski definition) is 2. The monoisotopic (exact) mass is 455 g/mol. The second-order valence-corrected chi connectivity index (χ2v) is 6.15. The van der Waals surface area contributed by atoms with Crippen molar-refractivity contribution in [2.45, 2.75) is 46.0 Å². The molecule has 1 heterocycles. The predicted molar refractivity (Wildman–Crippen MR) is 108 cm³/mol. The second kappa shape index (κ2) is 13.7. The van der Waals surface area contributed by atoms with E-state index in [2.05, 4.69) is 24.1 Å². The molecule has 0 aromatic rings. The number of guanidine groups is 1. The van der Waals surface area contributed by atoms with Gasteiger partial charge in [0.05, 0.1) is 13.0 Å². The van der Waals surface area contributed by atoms with Crippen molar-refractivity contribution in [3.05, 3.63) is 0 Å². The number of aliphatic hydroxyl groups is 1. The number of carbonyl (C=O) groups excluding carboxylic acids is 1.